The van der Waals surface area contributed by atoms with E-state index in [1.807, 2.05) is 0 Å². The molecule has 0 saturated carbocycles. The van der Waals surface area contributed by atoms with Crippen molar-refractivity contribution < 1.29 is 40.5 Å². The van der Waals surface area contributed by atoms with Crippen molar-refractivity contribution in [3.8, 4) is 0 Å². The highest BCUT2D eigenvalue weighted by Crippen LogP contribution is 2.56. The minimum absolute atomic E-state index is 0.00818. The first-order valence-electron chi connectivity index (χ1n) is 10.1. The van der Waals surface area contributed by atoms with Crippen molar-refractivity contribution in [1.29, 1.82) is 0 Å². The lowest BCUT2D eigenvalue weighted by atomic mass is 10.0. The molecule has 0 aliphatic carbocycles. The van der Waals surface area contributed by atoms with Crippen LogP contribution in [0.4, 0.5) is 26.3 Å². The lowest BCUT2D eigenvalue weighted by Crippen LogP contribution is -2.23. The number of carbonyl (C=O) groups excluding carboxylic acids is 2. The van der Waals surface area contributed by atoms with Crippen molar-refractivity contribution in [2.45, 2.75) is 52.9 Å². The zero-order valence-electron chi connectivity index (χ0n) is 18.4. The molecule has 2 aromatic rings. The maximum atomic E-state index is 13.9. The van der Waals surface area contributed by atoms with Gasteiger partial charge in [0.1, 0.15) is 0 Å². The van der Waals surface area contributed by atoms with Crippen LogP contribution in [0.5, 0.6) is 0 Å². The highest BCUT2D eigenvalue weighted by molar-refractivity contribution is 7.95. The lowest BCUT2D eigenvalue weighted by Gasteiger charge is -2.23. The van der Waals surface area contributed by atoms with Gasteiger partial charge in [0, 0.05) is 11.7 Å². The normalized spacial score (nSPS) is 14.1. The van der Waals surface area contributed by atoms with Crippen LogP contribution in [-0.4, -0.2) is 17.2 Å². The molecular weight excluding hydrogens is 469 g/mol. The fraction of sp³-hybridized carbons (Fsp3) is 0.391. The van der Waals surface area contributed by atoms with Gasteiger partial charge in [-0.15, -0.1) is 0 Å². The molecule has 0 aromatic heterocycles. The van der Waals surface area contributed by atoms with E-state index in [1.165, 1.54) is 13.8 Å². The minimum atomic E-state index is -5.33. The summed E-state index contributed by atoms with van der Waals surface area (Å²) in [5.74, 6) is 0. The summed E-state index contributed by atoms with van der Waals surface area (Å²) in [5, 5.41) is 0. The van der Waals surface area contributed by atoms with E-state index in [4.69, 9.17) is 0 Å². The second-order valence-electron chi connectivity index (χ2n) is 7.92. The Morgan fingerprint density at radius 3 is 1.64 bits per heavy atom. The van der Waals surface area contributed by atoms with Crippen LogP contribution in [0.3, 0.4) is 0 Å². The number of halogens is 6. The Hall–Kier alpha value is -2.41. The molecule has 2 aromatic carbocycles. The van der Waals surface area contributed by atoms with Gasteiger partial charge in [-0.3, -0.25) is 9.59 Å². The van der Waals surface area contributed by atoms with Gasteiger partial charge in [0.2, 0.25) is 18.2 Å². The predicted octanol–water partition coefficient (Wildman–Crippen LogP) is 7.79. The first-order chi connectivity index (χ1) is 15.1. The van der Waals surface area contributed by atoms with Gasteiger partial charge >= 0.3 is 12.4 Å². The van der Waals surface area contributed by atoms with E-state index in [-0.39, 0.29) is 12.0 Å². The number of hydrogen-bond acceptors (Lipinski definition) is 3. The summed E-state index contributed by atoms with van der Waals surface area (Å²) in [6, 6.07) is 4.30. The zero-order chi connectivity index (χ0) is 25.4. The fourth-order valence-corrected chi connectivity index (χ4v) is 6.48. The van der Waals surface area contributed by atoms with Gasteiger partial charge in [-0.1, -0.05) is 37.1 Å². The summed E-state index contributed by atoms with van der Waals surface area (Å²) >= 11 is 0. The lowest BCUT2D eigenvalue weighted by molar-refractivity contribution is -0.143. The van der Waals surface area contributed by atoms with Crippen LogP contribution < -0.4 is 0 Å². The zero-order valence-corrected chi connectivity index (χ0v) is 19.3. The molecule has 0 spiro atoms. The number of aryl methyl sites for hydroxylation is 3. The van der Waals surface area contributed by atoms with Gasteiger partial charge in [-0.25, -0.2) is 0 Å². The highest BCUT2D eigenvalue weighted by atomic mass is 31.2. The number of alkyl halides is 6. The molecule has 0 aliphatic heterocycles. The van der Waals surface area contributed by atoms with Crippen molar-refractivity contribution in [2.75, 3.05) is 6.16 Å². The number of rotatable bonds is 7. The van der Waals surface area contributed by atoms with Gasteiger partial charge in [0.15, 0.2) is 0 Å². The minimum Gasteiger partial charge on any atom is -0.307 e. The van der Waals surface area contributed by atoms with Crippen LogP contribution in [-0.2, 0) is 16.9 Å². The maximum absolute atomic E-state index is 13.9. The molecule has 180 valence electrons. The highest BCUT2D eigenvalue weighted by Gasteiger charge is 2.49. The van der Waals surface area contributed by atoms with E-state index in [2.05, 4.69) is 0 Å². The number of hydrogen-bond donors (Lipinski definition) is 0. The molecular formula is C23H23F6O3P. The molecule has 0 saturated heterocycles. The Morgan fingerprint density at radius 2 is 1.24 bits per heavy atom. The Balaban J connectivity index is 2.86. The molecule has 1 atom stereocenters. The smallest absolute Gasteiger partial charge is 0.307 e. The summed E-state index contributed by atoms with van der Waals surface area (Å²) in [5.41, 5.74) is -7.35. The van der Waals surface area contributed by atoms with Crippen LogP contribution in [0.2, 0.25) is 0 Å². The Kier molecular flexibility index (Phi) is 7.69. The standard InChI is InChI=1S/C23H23F6O3P/c1-5-6-10-33(32,20(30)18-14(3)11-13(2)12-15(18)4)21(31)19-16(22(24,25)26)8-7-9-17(19)23(27,28)29/h7-9,11-12H,5-6,10H2,1-4H3. The number of carbonyl (C=O) groups is 2. The quantitative estimate of drug-likeness (QED) is 0.293. The van der Waals surface area contributed by atoms with E-state index in [0.717, 1.165) is 5.56 Å². The number of unbranched alkanes of at least 4 members (excludes halogenated alkanes) is 1. The molecule has 0 N–H and O–H groups in total. The van der Waals surface area contributed by atoms with Crippen molar-refractivity contribution in [2.24, 2.45) is 0 Å². The number of benzene rings is 2. The molecule has 0 fully saturated rings. The van der Waals surface area contributed by atoms with Crippen molar-refractivity contribution >= 4 is 18.2 Å². The van der Waals surface area contributed by atoms with Crippen LogP contribution in [0, 0.1) is 20.8 Å². The predicted molar refractivity (Wildman–Crippen MR) is 113 cm³/mol. The molecule has 2 rings (SSSR count). The van der Waals surface area contributed by atoms with E-state index in [9.17, 15) is 40.5 Å². The fourth-order valence-electron chi connectivity index (χ4n) is 3.81. The summed E-state index contributed by atoms with van der Waals surface area (Å²) in [6.07, 6.45) is -11.0. The summed E-state index contributed by atoms with van der Waals surface area (Å²) in [7, 11) is -4.90. The largest absolute Gasteiger partial charge is 0.417 e. The Labute approximate surface area is 187 Å². The summed E-state index contributed by atoms with van der Waals surface area (Å²) < 4.78 is 95.6. The Bertz CT molecular complexity index is 1080. The third-order valence-electron chi connectivity index (χ3n) is 5.26. The Morgan fingerprint density at radius 1 is 0.818 bits per heavy atom. The van der Waals surface area contributed by atoms with Crippen molar-refractivity contribution in [1.82, 2.24) is 0 Å². The van der Waals surface area contributed by atoms with Gasteiger partial charge in [-0.05, 0) is 50.5 Å². The third-order valence-corrected chi connectivity index (χ3v) is 7.97. The molecule has 0 aliphatic rings. The van der Waals surface area contributed by atoms with Crippen molar-refractivity contribution in [3.05, 3.63) is 69.3 Å². The van der Waals surface area contributed by atoms with Crippen LogP contribution in [0.15, 0.2) is 30.3 Å². The topological polar surface area (TPSA) is 51.2 Å². The second-order valence-corrected chi connectivity index (χ2v) is 10.7. The molecule has 3 nitrogen and oxygen atoms in total. The molecule has 0 bridgehead atoms. The van der Waals surface area contributed by atoms with Crippen LogP contribution in [0.1, 0.15) is 68.3 Å². The SMILES string of the molecule is CCCCP(=O)(C(=O)c1c(C)cc(C)cc1C)C(=O)c1c(C(F)(F)F)cccc1C(F)(F)F. The average Bonchev–Trinajstić information content (AvgIpc) is 2.68. The second kappa shape index (κ2) is 9.45. The van der Waals surface area contributed by atoms with Crippen molar-refractivity contribution in [3.63, 3.8) is 0 Å². The van der Waals surface area contributed by atoms with Crippen LogP contribution >= 0.6 is 7.14 Å². The molecule has 10 heteroatoms. The summed E-state index contributed by atoms with van der Waals surface area (Å²) in [6.45, 7) is 6.37. The maximum Gasteiger partial charge on any atom is 0.417 e. The molecule has 0 heterocycles. The van der Waals surface area contributed by atoms with E-state index < -0.39 is 53.4 Å². The average molecular weight is 492 g/mol. The van der Waals surface area contributed by atoms with Gasteiger partial charge in [0.25, 0.3) is 0 Å². The monoisotopic (exact) mass is 492 g/mol. The van der Waals surface area contributed by atoms with E-state index in [0.29, 0.717) is 35.7 Å². The van der Waals surface area contributed by atoms with E-state index >= 15 is 0 Å². The van der Waals surface area contributed by atoms with Gasteiger partial charge in [-0.2, -0.15) is 26.3 Å². The van der Waals surface area contributed by atoms with Gasteiger partial charge in [0.05, 0.1) is 16.7 Å². The third kappa shape index (κ3) is 5.40. The molecule has 1 unspecified atom stereocenters. The first kappa shape index (κ1) is 26.8. The van der Waals surface area contributed by atoms with Crippen LogP contribution in [0.25, 0.3) is 0 Å². The summed E-state index contributed by atoms with van der Waals surface area (Å²) in [4.78, 5) is 26.7. The first-order valence-corrected chi connectivity index (χ1v) is 12.0. The van der Waals surface area contributed by atoms with Gasteiger partial charge < -0.3 is 4.57 Å². The molecule has 33 heavy (non-hydrogen) atoms. The molecule has 0 amide bonds. The van der Waals surface area contributed by atoms with E-state index in [1.54, 1.807) is 26.0 Å². The molecule has 0 radical (unpaired) electrons.